The van der Waals surface area contributed by atoms with Gasteiger partial charge >= 0.3 is 0 Å². The quantitative estimate of drug-likeness (QED) is 0.821. The smallest absolute Gasteiger partial charge is 0.272 e. The Bertz CT molecular complexity index is 838. The number of piperidine rings is 2. The summed E-state index contributed by atoms with van der Waals surface area (Å²) in [5.74, 6) is -0.328. The molecule has 1 aromatic heterocycles. The minimum Gasteiger partial charge on any atom is -0.392 e. The second kappa shape index (κ2) is 6.11. The number of aliphatic hydroxyl groups is 1. The molecule has 2 N–H and O–H groups in total. The van der Waals surface area contributed by atoms with E-state index >= 15 is 0 Å². The molecule has 2 fully saturated rings. The fourth-order valence-electron chi connectivity index (χ4n) is 3.98. The molecular weight excluding hydrogens is 318 g/mol. The zero-order chi connectivity index (χ0) is 17.4. The van der Waals surface area contributed by atoms with Crippen LogP contribution in [0.3, 0.4) is 0 Å². The molecule has 4 rings (SSSR count). The summed E-state index contributed by atoms with van der Waals surface area (Å²) in [6.45, 7) is 1.31. The van der Waals surface area contributed by atoms with Gasteiger partial charge in [0.25, 0.3) is 5.91 Å². The number of fused-ring (bicyclic) bond motifs is 1. The largest absolute Gasteiger partial charge is 0.392 e. The van der Waals surface area contributed by atoms with E-state index in [0.29, 0.717) is 31.6 Å². The van der Waals surface area contributed by atoms with E-state index in [9.17, 15) is 14.7 Å². The molecule has 2 saturated heterocycles. The van der Waals surface area contributed by atoms with E-state index in [2.05, 4.69) is 10.3 Å². The molecule has 2 aliphatic rings. The summed E-state index contributed by atoms with van der Waals surface area (Å²) >= 11 is 0. The van der Waals surface area contributed by atoms with E-state index in [4.69, 9.17) is 0 Å². The highest BCUT2D eigenvalue weighted by atomic mass is 16.3. The van der Waals surface area contributed by atoms with Crippen molar-refractivity contribution >= 4 is 22.6 Å². The third-order valence-electron chi connectivity index (χ3n) is 5.46. The molecule has 0 unspecified atom stereocenters. The van der Waals surface area contributed by atoms with Gasteiger partial charge in [0, 0.05) is 31.2 Å². The second-order valence-electron chi connectivity index (χ2n) is 6.96. The number of rotatable bonds is 1. The number of likely N-dealkylation sites (tertiary alicyclic amines) is 1. The number of hydrogen-bond donors (Lipinski definition) is 2. The summed E-state index contributed by atoms with van der Waals surface area (Å²) < 4.78 is 0. The Morgan fingerprint density at radius 1 is 1.32 bits per heavy atom. The van der Waals surface area contributed by atoms with E-state index in [1.165, 1.54) is 0 Å². The maximum Gasteiger partial charge on any atom is 0.272 e. The van der Waals surface area contributed by atoms with Crippen molar-refractivity contribution in [3.63, 3.8) is 0 Å². The summed E-state index contributed by atoms with van der Waals surface area (Å²) in [7, 11) is 0. The number of aliphatic hydroxyl groups excluding tert-OH is 1. The Balaban J connectivity index is 1.62. The number of nitrogens with zero attached hydrogens (tertiary/aromatic N) is 2. The summed E-state index contributed by atoms with van der Waals surface area (Å²) in [6.07, 6.45) is 2.83. The molecule has 1 spiro atoms. The Hall–Kier alpha value is -2.47. The molecule has 25 heavy (non-hydrogen) atoms. The van der Waals surface area contributed by atoms with Crippen molar-refractivity contribution in [2.24, 2.45) is 5.41 Å². The topological polar surface area (TPSA) is 82.5 Å². The predicted octanol–water partition coefficient (Wildman–Crippen LogP) is 1.34. The SMILES string of the molecule is O=C(c1cc2ccccc2cn1)N1CC[C@H](O)[C@@]2(CCCNC2=O)C1. The normalized spacial score (nSPS) is 26.7. The van der Waals surface area contributed by atoms with Crippen LogP contribution >= 0.6 is 0 Å². The van der Waals surface area contributed by atoms with E-state index in [1.807, 2.05) is 24.3 Å². The van der Waals surface area contributed by atoms with Crippen LogP contribution in [0, 0.1) is 5.41 Å². The molecule has 6 heteroatoms. The van der Waals surface area contributed by atoms with Gasteiger partial charge in [-0.05, 0) is 30.7 Å². The van der Waals surface area contributed by atoms with Crippen LogP contribution in [-0.2, 0) is 4.79 Å². The number of benzene rings is 1. The molecule has 1 aromatic carbocycles. The van der Waals surface area contributed by atoms with Gasteiger partial charge in [-0.1, -0.05) is 24.3 Å². The van der Waals surface area contributed by atoms with Gasteiger partial charge in [-0.2, -0.15) is 0 Å². The Morgan fingerprint density at radius 2 is 2.12 bits per heavy atom. The van der Waals surface area contributed by atoms with Gasteiger partial charge in [-0.15, -0.1) is 0 Å². The molecule has 2 atom stereocenters. The van der Waals surface area contributed by atoms with E-state index in [0.717, 1.165) is 17.2 Å². The van der Waals surface area contributed by atoms with Crippen LogP contribution in [0.2, 0.25) is 0 Å². The van der Waals surface area contributed by atoms with Crippen LogP contribution in [0.5, 0.6) is 0 Å². The van der Waals surface area contributed by atoms with Gasteiger partial charge in [0.15, 0.2) is 0 Å². The Kier molecular flexibility index (Phi) is 3.92. The number of aromatic nitrogens is 1. The van der Waals surface area contributed by atoms with E-state index in [-0.39, 0.29) is 18.4 Å². The molecule has 130 valence electrons. The fraction of sp³-hybridized carbons (Fsp3) is 0.421. The zero-order valence-corrected chi connectivity index (χ0v) is 13.9. The van der Waals surface area contributed by atoms with Crippen molar-refractivity contribution in [3.8, 4) is 0 Å². The number of hydrogen-bond acceptors (Lipinski definition) is 4. The van der Waals surface area contributed by atoms with Gasteiger partial charge in [-0.25, -0.2) is 0 Å². The van der Waals surface area contributed by atoms with Crippen molar-refractivity contribution in [1.82, 2.24) is 15.2 Å². The van der Waals surface area contributed by atoms with Gasteiger partial charge < -0.3 is 15.3 Å². The minimum absolute atomic E-state index is 0.143. The molecule has 3 heterocycles. The van der Waals surface area contributed by atoms with Crippen LogP contribution in [0.25, 0.3) is 10.8 Å². The average molecular weight is 339 g/mol. The summed E-state index contributed by atoms with van der Waals surface area (Å²) in [4.78, 5) is 31.3. The lowest BCUT2D eigenvalue weighted by atomic mass is 9.71. The lowest BCUT2D eigenvalue weighted by Crippen LogP contribution is -2.62. The van der Waals surface area contributed by atoms with Crippen molar-refractivity contribution in [3.05, 3.63) is 42.2 Å². The van der Waals surface area contributed by atoms with Crippen LogP contribution in [-0.4, -0.2) is 52.5 Å². The summed E-state index contributed by atoms with van der Waals surface area (Å²) in [5.41, 5.74) is -0.510. The maximum absolute atomic E-state index is 12.9. The zero-order valence-electron chi connectivity index (χ0n) is 13.9. The van der Waals surface area contributed by atoms with Crippen molar-refractivity contribution in [1.29, 1.82) is 0 Å². The molecule has 2 aromatic rings. The first-order valence-corrected chi connectivity index (χ1v) is 8.71. The second-order valence-corrected chi connectivity index (χ2v) is 6.96. The first-order chi connectivity index (χ1) is 12.1. The van der Waals surface area contributed by atoms with Crippen LogP contribution < -0.4 is 5.32 Å². The summed E-state index contributed by atoms with van der Waals surface area (Å²) in [6, 6.07) is 9.55. The number of nitrogens with one attached hydrogen (secondary N) is 1. The minimum atomic E-state index is -0.886. The fourth-order valence-corrected chi connectivity index (χ4v) is 3.98. The Morgan fingerprint density at radius 3 is 2.92 bits per heavy atom. The molecule has 2 aliphatic heterocycles. The molecule has 0 aliphatic carbocycles. The van der Waals surface area contributed by atoms with Crippen LogP contribution in [0.4, 0.5) is 0 Å². The highest BCUT2D eigenvalue weighted by Crippen LogP contribution is 2.37. The van der Waals surface area contributed by atoms with Gasteiger partial charge in [0.1, 0.15) is 5.69 Å². The molecule has 2 amide bonds. The monoisotopic (exact) mass is 339 g/mol. The van der Waals surface area contributed by atoms with Crippen molar-refractivity contribution in [2.45, 2.75) is 25.4 Å². The standard InChI is InChI=1S/C19H21N3O3/c23-16-6-9-22(12-19(16)7-3-8-20-18(19)25)17(24)15-10-13-4-1-2-5-14(13)11-21-15/h1-2,4-5,10-11,16,23H,3,6-9,12H2,(H,20,25)/t16-,19+/m0/s1. The van der Waals surface area contributed by atoms with Gasteiger partial charge in [-0.3, -0.25) is 14.6 Å². The molecule has 0 bridgehead atoms. The third-order valence-corrected chi connectivity index (χ3v) is 5.46. The number of amides is 2. The van der Waals surface area contributed by atoms with Crippen molar-refractivity contribution in [2.75, 3.05) is 19.6 Å². The lowest BCUT2D eigenvalue weighted by Gasteiger charge is -2.46. The Labute approximate surface area is 145 Å². The van der Waals surface area contributed by atoms with Gasteiger partial charge in [0.05, 0.1) is 11.5 Å². The predicted molar refractivity (Wildman–Crippen MR) is 92.9 cm³/mol. The van der Waals surface area contributed by atoms with Crippen LogP contribution in [0.15, 0.2) is 36.5 Å². The number of carbonyl (C=O) groups excluding carboxylic acids is 2. The lowest BCUT2D eigenvalue weighted by molar-refractivity contribution is -0.147. The summed E-state index contributed by atoms with van der Waals surface area (Å²) in [5, 5.41) is 15.2. The third kappa shape index (κ3) is 2.66. The average Bonchev–Trinajstić information content (AvgIpc) is 2.65. The highest BCUT2D eigenvalue weighted by molar-refractivity contribution is 5.97. The molecule has 6 nitrogen and oxygen atoms in total. The van der Waals surface area contributed by atoms with E-state index in [1.54, 1.807) is 17.2 Å². The number of pyridine rings is 1. The first-order valence-electron chi connectivity index (χ1n) is 8.71. The van der Waals surface area contributed by atoms with E-state index < -0.39 is 11.5 Å². The molecular formula is C19H21N3O3. The van der Waals surface area contributed by atoms with Crippen molar-refractivity contribution < 1.29 is 14.7 Å². The molecule has 0 radical (unpaired) electrons. The van der Waals surface area contributed by atoms with Crippen LogP contribution in [0.1, 0.15) is 29.8 Å². The number of carbonyl (C=O) groups is 2. The van der Waals surface area contributed by atoms with Gasteiger partial charge in [0.2, 0.25) is 5.91 Å². The molecule has 0 saturated carbocycles. The highest BCUT2D eigenvalue weighted by Gasteiger charge is 2.50. The first kappa shape index (κ1) is 16.0. The maximum atomic E-state index is 12.9.